The molecule has 0 atom stereocenters. The predicted molar refractivity (Wildman–Crippen MR) is 71.1 cm³/mol. The lowest BCUT2D eigenvalue weighted by Crippen LogP contribution is -2.14. The third-order valence-electron chi connectivity index (χ3n) is 2.21. The largest absolute Gasteiger partial charge is 0.385 e. The molecule has 0 aliphatic heterocycles. The standard InChI is InChI=1S/C12H14BrClFN/c1-3-4-7-16-8(2)11-9(13)5-6-10(14)12(11)15/h5-6,16H,2-4,7H2,1H3. The monoisotopic (exact) mass is 305 g/mol. The van der Waals surface area contributed by atoms with E-state index in [0.717, 1.165) is 19.4 Å². The van der Waals surface area contributed by atoms with Crippen molar-refractivity contribution in [2.24, 2.45) is 0 Å². The van der Waals surface area contributed by atoms with Crippen molar-refractivity contribution in [3.63, 3.8) is 0 Å². The second-order valence-electron chi connectivity index (χ2n) is 3.48. The van der Waals surface area contributed by atoms with Crippen molar-refractivity contribution < 1.29 is 4.39 Å². The fourth-order valence-corrected chi connectivity index (χ4v) is 2.01. The molecule has 0 fully saturated rings. The van der Waals surface area contributed by atoms with Crippen LogP contribution in [0, 0.1) is 5.82 Å². The highest BCUT2D eigenvalue weighted by Crippen LogP contribution is 2.29. The van der Waals surface area contributed by atoms with Gasteiger partial charge in [0.05, 0.1) is 5.02 Å². The fraction of sp³-hybridized carbons (Fsp3) is 0.333. The van der Waals surface area contributed by atoms with Crippen LogP contribution in [0.25, 0.3) is 5.70 Å². The first-order valence-corrected chi connectivity index (χ1v) is 6.31. The zero-order valence-corrected chi connectivity index (χ0v) is 11.5. The van der Waals surface area contributed by atoms with Crippen molar-refractivity contribution in [2.75, 3.05) is 6.54 Å². The van der Waals surface area contributed by atoms with Gasteiger partial charge in [0.2, 0.25) is 0 Å². The lowest BCUT2D eigenvalue weighted by Gasteiger charge is -2.12. The van der Waals surface area contributed by atoms with Gasteiger partial charge in [-0.3, -0.25) is 0 Å². The van der Waals surface area contributed by atoms with Crippen LogP contribution in [0.5, 0.6) is 0 Å². The average Bonchev–Trinajstić information content (AvgIpc) is 2.24. The molecule has 0 amide bonds. The highest BCUT2D eigenvalue weighted by Gasteiger charge is 2.13. The van der Waals surface area contributed by atoms with E-state index in [9.17, 15) is 4.39 Å². The number of nitrogens with one attached hydrogen (secondary N) is 1. The molecule has 0 spiro atoms. The summed E-state index contributed by atoms with van der Waals surface area (Å²) < 4.78 is 14.4. The highest BCUT2D eigenvalue weighted by molar-refractivity contribution is 9.10. The Bertz CT molecular complexity index is 393. The van der Waals surface area contributed by atoms with Gasteiger partial charge in [0, 0.05) is 22.3 Å². The van der Waals surface area contributed by atoms with Crippen molar-refractivity contribution in [3.8, 4) is 0 Å². The summed E-state index contributed by atoms with van der Waals surface area (Å²) in [5.74, 6) is -0.440. The van der Waals surface area contributed by atoms with Crippen LogP contribution >= 0.6 is 27.5 Å². The zero-order chi connectivity index (χ0) is 12.1. The van der Waals surface area contributed by atoms with Crippen LogP contribution in [-0.2, 0) is 0 Å². The Labute approximate surface area is 109 Å². The van der Waals surface area contributed by atoms with Crippen LogP contribution in [0.4, 0.5) is 4.39 Å². The Balaban J connectivity index is 2.86. The summed E-state index contributed by atoms with van der Waals surface area (Å²) in [4.78, 5) is 0. The number of hydrogen-bond acceptors (Lipinski definition) is 1. The van der Waals surface area contributed by atoms with Crippen molar-refractivity contribution >= 4 is 33.2 Å². The van der Waals surface area contributed by atoms with Crippen LogP contribution in [0.2, 0.25) is 5.02 Å². The molecule has 16 heavy (non-hydrogen) atoms. The molecule has 0 aliphatic rings. The minimum atomic E-state index is -0.440. The van der Waals surface area contributed by atoms with E-state index in [-0.39, 0.29) is 5.02 Å². The summed E-state index contributed by atoms with van der Waals surface area (Å²) >= 11 is 9.02. The maximum absolute atomic E-state index is 13.8. The van der Waals surface area contributed by atoms with Crippen LogP contribution in [0.1, 0.15) is 25.3 Å². The smallest absolute Gasteiger partial charge is 0.152 e. The zero-order valence-electron chi connectivity index (χ0n) is 9.12. The maximum atomic E-state index is 13.8. The summed E-state index contributed by atoms with van der Waals surface area (Å²) in [7, 11) is 0. The molecule has 4 heteroatoms. The Morgan fingerprint density at radius 3 is 2.88 bits per heavy atom. The van der Waals surface area contributed by atoms with Gasteiger partial charge in [-0.05, 0) is 34.5 Å². The van der Waals surface area contributed by atoms with Crippen LogP contribution in [0.3, 0.4) is 0 Å². The molecule has 0 heterocycles. The number of benzene rings is 1. The molecule has 0 saturated carbocycles. The minimum absolute atomic E-state index is 0.108. The fourth-order valence-electron chi connectivity index (χ4n) is 1.31. The van der Waals surface area contributed by atoms with E-state index in [2.05, 4.69) is 34.7 Å². The molecule has 0 unspecified atom stereocenters. The Morgan fingerprint density at radius 2 is 2.25 bits per heavy atom. The van der Waals surface area contributed by atoms with Gasteiger partial charge >= 0.3 is 0 Å². The maximum Gasteiger partial charge on any atom is 0.152 e. The van der Waals surface area contributed by atoms with E-state index < -0.39 is 5.82 Å². The van der Waals surface area contributed by atoms with Crippen molar-refractivity contribution in [3.05, 3.63) is 39.6 Å². The third kappa shape index (κ3) is 3.22. The Hall–Kier alpha value is -0.540. The molecule has 1 aromatic rings. The first-order chi connectivity index (χ1) is 7.57. The quantitative estimate of drug-likeness (QED) is 0.619. The number of hydrogen-bond donors (Lipinski definition) is 1. The molecule has 1 rings (SSSR count). The highest BCUT2D eigenvalue weighted by atomic mass is 79.9. The molecular formula is C12H14BrClFN. The van der Waals surface area contributed by atoms with Gasteiger partial charge in [0.1, 0.15) is 0 Å². The summed E-state index contributed by atoms with van der Waals surface area (Å²) in [5, 5.41) is 3.19. The predicted octanol–water partition coefficient (Wildman–Crippen LogP) is 4.60. The minimum Gasteiger partial charge on any atom is -0.385 e. The van der Waals surface area contributed by atoms with Gasteiger partial charge < -0.3 is 5.32 Å². The molecule has 0 aromatic heterocycles. The molecule has 1 N–H and O–H groups in total. The van der Waals surface area contributed by atoms with E-state index in [4.69, 9.17) is 11.6 Å². The molecule has 88 valence electrons. The van der Waals surface area contributed by atoms with Crippen LogP contribution in [0.15, 0.2) is 23.2 Å². The molecular weight excluding hydrogens is 292 g/mol. The molecule has 0 saturated heterocycles. The van der Waals surface area contributed by atoms with Gasteiger partial charge in [0.15, 0.2) is 5.82 Å². The van der Waals surface area contributed by atoms with Gasteiger partial charge in [0.25, 0.3) is 0 Å². The molecule has 1 nitrogen and oxygen atoms in total. The first kappa shape index (κ1) is 13.5. The van der Waals surface area contributed by atoms with Gasteiger partial charge in [-0.15, -0.1) is 0 Å². The number of rotatable bonds is 5. The van der Waals surface area contributed by atoms with Crippen molar-refractivity contribution in [2.45, 2.75) is 19.8 Å². The summed E-state index contributed by atoms with van der Waals surface area (Å²) in [6.45, 7) is 6.70. The lowest BCUT2D eigenvalue weighted by atomic mass is 10.1. The second kappa shape index (κ2) is 6.26. The number of halogens is 3. The van der Waals surface area contributed by atoms with Crippen LogP contribution < -0.4 is 5.32 Å². The lowest BCUT2D eigenvalue weighted by molar-refractivity contribution is 0.620. The molecule has 0 bridgehead atoms. The van der Waals surface area contributed by atoms with E-state index in [1.165, 1.54) is 6.07 Å². The van der Waals surface area contributed by atoms with Gasteiger partial charge in [-0.1, -0.05) is 31.5 Å². The van der Waals surface area contributed by atoms with Crippen molar-refractivity contribution in [1.82, 2.24) is 5.32 Å². The van der Waals surface area contributed by atoms with Crippen molar-refractivity contribution in [1.29, 1.82) is 0 Å². The van der Waals surface area contributed by atoms with E-state index >= 15 is 0 Å². The topological polar surface area (TPSA) is 12.0 Å². The third-order valence-corrected chi connectivity index (χ3v) is 3.17. The van der Waals surface area contributed by atoms with E-state index in [0.29, 0.717) is 15.7 Å². The van der Waals surface area contributed by atoms with Crippen LogP contribution in [-0.4, -0.2) is 6.54 Å². The average molecular weight is 307 g/mol. The SMILES string of the molecule is C=C(NCCCC)c1c(Br)ccc(Cl)c1F. The number of unbranched alkanes of at least 4 members (excludes halogenated alkanes) is 1. The van der Waals surface area contributed by atoms with Gasteiger partial charge in [-0.2, -0.15) is 0 Å². The second-order valence-corrected chi connectivity index (χ2v) is 4.74. The first-order valence-electron chi connectivity index (χ1n) is 5.14. The summed E-state index contributed by atoms with van der Waals surface area (Å²) in [6.07, 6.45) is 2.11. The normalized spacial score (nSPS) is 10.2. The summed E-state index contributed by atoms with van der Waals surface area (Å²) in [5.41, 5.74) is 0.962. The molecule has 0 aliphatic carbocycles. The van der Waals surface area contributed by atoms with E-state index in [1.54, 1.807) is 6.07 Å². The summed E-state index contributed by atoms with van der Waals surface area (Å²) in [6, 6.07) is 3.23. The molecule has 1 aromatic carbocycles. The molecule has 0 radical (unpaired) electrons. The Morgan fingerprint density at radius 1 is 1.56 bits per heavy atom. The Kier molecular flexibility index (Phi) is 5.29. The van der Waals surface area contributed by atoms with Gasteiger partial charge in [-0.25, -0.2) is 4.39 Å². The van der Waals surface area contributed by atoms with E-state index in [1.807, 2.05) is 0 Å².